The van der Waals surface area contributed by atoms with E-state index in [9.17, 15) is 9.59 Å². The van der Waals surface area contributed by atoms with Crippen molar-refractivity contribution in [2.24, 2.45) is 5.92 Å². The number of hydrogen-bond acceptors (Lipinski definition) is 3. The Labute approximate surface area is 131 Å². The van der Waals surface area contributed by atoms with Gasteiger partial charge in [-0.25, -0.2) is 0 Å². The summed E-state index contributed by atoms with van der Waals surface area (Å²) in [6, 6.07) is 9.40. The Morgan fingerprint density at radius 3 is 2.41 bits per heavy atom. The van der Waals surface area contributed by atoms with Gasteiger partial charge in [-0.1, -0.05) is 44.2 Å². The van der Waals surface area contributed by atoms with Gasteiger partial charge >= 0.3 is 5.97 Å². The molecule has 1 saturated heterocycles. The summed E-state index contributed by atoms with van der Waals surface area (Å²) in [4.78, 5) is 27.9. The minimum Gasteiger partial charge on any atom is -0.481 e. The molecule has 1 heterocycles. The lowest BCUT2D eigenvalue weighted by atomic mass is 10.0. The molecule has 5 nitrogen and oxygen atoms in total. The summed E-state index contributed by atoms with van der Waals surface area (Å²) in [6.07, 6.45) is 0.542. The Kier molecular flexibility index (Phi) is 5.55. The van der Waals surface area contributed by atoms with Crippen LogP contribution in [-0.4, -0.2) is 53.0 Å². The maximum Gasteiger partial charge on any atom is 0.308 e. The monoisotopic (exact) mass is 304 g/mol. The molecule has 0 spiro atoms. The number of carbonyl (C=O) groups is 2. The third-order valence-corrected chi connectivity index (χ3v) is 4.38. The van der Waals surface area contributed by atoms with Crippen molar-refractivity contribution in [3.05, 3.63) is 35.9 Å². The zero-order valence-corrected chi connectivity index (χ0v) is 13.2. The lowest BCUT2D eigenvalue weighted by molar-refractivity contribution is -0.141. The fourth-order valence-corrected chi connectivity index (χ4v) is 3.07. The molecular formula is C17H24N2O3. The van der Waals surface area contributed by atoms with Gasteiger partial charge in [0.15, 0.2) is 0 Å². The number of rotatable bonds is 6. The second-order valence-electron chi connectivity index (χ2n) is 5.64. The number of carboxylic acids is 1. The molecular weight excluding hydrogens is 280 g/mol. The van der Waals surface area contributed by atoms with E-state index in [0.29, 0.717) is 19.5 Å². The normalized spacial score (nSPS) is 19.4. The smallest absolute Gasteiger partial charge is 0.308 e. The van der Waals surface area contributed by atoms with E-state index in [1.165, 1.54) is 0 Å². The Hall–Kier alpha value is -1.88. The highest BCUT2D eigenvalue weighted by Gasteiger charge is 2.36. The highest BCUT2D eigenvalue weighted by Crippen LogP contribution is 2.26. The van der Waals surface area contributed by atoms with Gasteiger partial charge in [-0.15, -0.1) is 0 Å². The number of likely N-dealkylation sites (tertiary alicyclic amines) is 1. The molecule has 0 bridgehead atoms. The van der Waals surface area contributed by atoms with Gasteiger partial charge in [0.1, 0.15) is 6.04 Å². The van der Waals surface area contributed by atoms with Crippen molar-refractivity contribution in [2.75, 3.05) is 26.2 Å². The Morgan fingerprint density at radius 2 is 1.91 bits per heavy atom. The molecule has 1 fully saturated rings. The highest BCUT2D eigenvalue weighted by atomic mass is 16.4. The molecule has 1 aliphatic heterocycles. The zero-order chi connectivity index (χ0) is 16.1. The molecule has 5 heteroatoms. The predicted octanol–water partition coefficient (Wildman–Crippen LogP) is 2.00. The number of benzene rings is 1. The lowest BCUT2D eigenvalue weighted by Crippen LogP contribution is -2.42. The number of nitrogens with zero attached hydrogens (tertiary/aromatic N) is 2. The lowest BCUT2D eigenvalue weighted by Gasteiger charge is -2.32. The van der Waals surface area contributed by atoms with Crippen LogP contribution in [0.4, 0.5) is 0 Å². The molecule has 2 rings (SSSR count). The molecule has 1 N–H and O–H groups in total. The molecule has 22 heavy (non-hydrogen) atoms. The van der Waals surface area contributed by atoms with Gasteiger partial charge in [-0.05, 0) is 25.1 Å². The van der Waals surface area contributed by atoms with Crippen molar-refractivity contribution >= 4 is 11.9 Å². The molecule has 2 atom stereocenters. The SMILES string of the molecule is CCN(CC)C(C(=O)N1CCC(C(=O)O)C1)c1ccccc1. The van der Waals surface area contributed by atoms with Crippen molar-refractivity contribution < 1.29 is 14.7 Å². The van der Waals surface area contributed by atoms with Crippen molar-refractivity contribution in [1.29, 1.82) is 0 Å². The fraction of sp³-hybridized carbons (Fsp3) is 0.529. The van der Waals surface area contributed by atoms with Gasteiger partial charge < -0.3 is 10.0 Å². The van der Waals surface area contributed by atoms with Crippen molar-refractivity contribution in [1.82, 2.24) is 9.80 Å². The van der Waals surface area contributed by atoms with Crippen molar-refractivity contribution in [2.45, 2.75) is 26.3 Å². The highest BCUT2D eigenvalue weighted by molar-refractivity contribution is 5.84. The van der Waals surface area contributed by atoms with Crippen LogP contribution in [0.25, 0.3) is 0 Å². The first-order valence-corrected chi connectivity index (χ1v) is 7.89. The van der Waals surface area contributed by atoms with Gasteiger partial charge in [0.25, 0.3) is 0 Å². The van der Waals surface area contributed by atoms with Crippen LogP contribution in [0, 0.1) is 5.92 Å². The average molecular weight is 304 g/mol. The Morgan fingerprint density at radius 1 is 1.27 bits per heavy atom. The zero-order valence-electron chi connectivity index (χ0n) is 13.2. The van der Waals surface area contributed by atoms with E-state index in [2.05, 4.69) is 4.90 Å². The molecule has 0 aromatic heterocycles. The molecule has 2 unspecified atom stereocenters. The van der Waals surface area contributed by atoms with Crippen LogP contribution in [0.3, 0.4) is 0 Å². The molecule has 120 valence electrons. The van der Waals surface area contributed by atoms with Crippen LogP contribution >= 0.6 is 0 Å². The summed E-state index contributed by atoms with van der Waals surface area (Å²) in [5.74, 6) is -1.23. The third-order valence-electron chi connectivity index (χ3n) is 4.38. The summed E-state index contributed by atoms with van der Waals surface area (Å²) in [5.41, 5.74) is 0.968. The van der Waals surface area contributed by atoms with E-state index in [1.54, 1.807) is 4.90 Å². The Balaban J connectivity index is 2.22. The summed E-state index contributed by atoms with van der Waals surface area (Å²) in [6.45, 7) is 6.47. The van der Waals surface area contributed by atoms with Crippen molar-refractivity contribution in [3.63, 3.8) is 0 Å². The van der Waals surface area contributed by atoms with E-state index in [-0.39, 0.29) is 11.9 Å². The van der Waals surface area contributed by atoms with E-state index in [1.807, 2.05) is 44.2 Å². The first-order chi connectivity index (χ1) is 10.6. The molecule has 1 amide bonds. The quantitative estimate of drug-likeness (QED) is 0.873. The number of hydrogen-bond donors (Lipinski definition) is 1. The minimum atomic E-state index is -0.811. The van der Waals surface area contributed by atoms with Crippen LogP contribution < -0.4 is 0 Å². The number of amides is 1. The van der Waals surface area contributed by atoms with Crippen LogP contribution in [0.5, 0.6) is 0 Å². The number of likely N-dealkylation sites (N-methyl/N-ethyl adjacent to an activating group) is 1. The van der Waals surface area contributed by atoms with E-state index >= 15 is 0 Å². The van der Waals surface area contributed by atoms with E-state index < -0.39 is 11.9 Å². The second-order valence-corrected chi connectivity index (χ2v) is 5.64. The number of carboxylic acid groups (broad SMARTS) is 1. The summed E-state index contributed by atoms with van der Waals surface area (Å²) in [5, 5.41) is 9.12. The van der Waals surface area contributed by atoms with Gasteiger partial charge in [0.05, 0.1) is 5.92 Å². The topological polar surface area (TPSA) is 60.9 Å². The van der Waals surface area contributed by atoms with E-state index in [0.717, 1.165) is 18.7 Å². The van der Waals surface area contributed by atoms with Crippen LogP contribution in [0.15, 0.2) is 30.3 Å². The van der Waals surface area contributed by atoms with Crippen LogP contribution in [0.1, 0.15) is 31.9 Å². The standard InChI is InChI=1S/C17H24N2O3/c1-3-18(4-2)15(13-8-6-5-7-9-13)16(20)19-11-10-14(12-19)17(21)22/h5-9,14-15H,3-4,10-12H2,1-2H3,(H,21,22). The minimum absolute atomic E-state index is 0.0126. The first kappa shape index (κ1) is 16.5. The molecule has 1 aromatic rings. The van der Waals surface area contributed by atoms with Gasteiger partial charge in [0.2, 0.25) is 5.91 Å². The van der Waals surface area contributed by atoms with Gasteiger partial charge in [0, 0.05) is 13.1 Å². The van der Waals surface area contributed by atoms with Gasteiger partial charge in [-0.2, -0.15) is 0 Å². The molecule has 0 saturated carbocycles. The maximum absolute atomic E-state index is 13.0. The van der Waals surface area contributed by atoms with Crippen LogP contribution in [-0.2, 0) is 9.59 Å². The largest absolute Gasteiger partial charge is 0.481 e. The number of carbonyl (C=O) groups excluding carboxylic acids is 1. The Bertz CT molecular complexity index is 514. The molecule has 0 radical (unpaired) electrons. The van der Waals surface area contributed by atoms with Crippen LogP contribution in [0.2, 0.25) is 0 Å². The molecule has 1 aliphatic rings. The fourth-order valence-electron chi connectivity index (χ4n) is 3.07. The van der Waals surface area contributed by atoms with E-state index in [4.69, 9.17) is 5.11 Å². The summed E-state index contributed by atoms with van der Waals surface area (Å²) >= 11 is 0. The second kappa shape index (κ2) is 7.40. The predicted molar refractivity (Wildman–Crippen MR) is 84.4 cm³/mol. The first-order valence-electron chi connectivity index (χ1n) is 7.89. The third kappa shape index (κ3) is 3.47. The molecule has 1 aromatic carbocycles. The number of aliphatic carboxylic acids is 1. The van der Waals surface area contributed by atoms with Crippen molar-refractivity contribution in [3.8, 4) is 0 Å². The summed E-state index contributed by atoms with van der Waals surface area (Å²) < 4.78 is 0. The van der Waals surface area contributed by atoms with Gasteiger partial charge in [-0.3, -0.25) is 14.5 Å². The maximum atomic E-state index is 13.0. The molecule has 0 aliphatic carbocycles. The average Bonchev–Trinajstić information content (AvgIpc) is 3.03. The summed E-state index contributed by atoms with van der Waals surface area (Å²) in [7, 11) is 0.